The predicted octanol–water partition coefficient (Wildman–Crippen LogP) is 4.49. The number of aromatic nitrogens is 1. The molecule has 1 aromatic carbocycles. The molecular weight excluding hydrogens is 356 g/mol. The molecule has 1 heterocycles. The highest BCUT2D eigenvalue weighted by atomic mass is 79.9. The van der Waals surface area contributed by atoms with Gasteiger partial charge in [0.2, 0.25) is 0 Å². The van der Waals surface area contributed by atoms with E-state index in [9.17, 15) is 17.6 Å². The molecule has 0 atom stereocenters. The topological polar surface area (TPSA) is 34.2 Å². The van der Waals surface area contributed by atoms with Gasteiger partial charge in [-0.2, -0.15) is 0 Å². The summed E-state index contributed by atoms with van der Waals surface area (Å²) >= 11 is 3.00. The van der Waals surface area contributed by atoms with Gasteiger partial charge in [0.15, 0.2) is 0 Å². The summed E-state index contributed by atoms with van der Waals surface area (Å²) in [5.41, 5.74) is 1.17. The molecule has 0 radical (unpaired) electrons. The van der Waals surface area contributed by atoms with E-state index in [2.05, 4.69) is 31.0 Å². The van der Waals surface area contributed by atoms with Crippen LogP contribution in [0.15, 0.2) is 41.1 Å². The third-order valence-corrected chi connectivity index (χ3v) is 3.04. The van der Waals surface area contributed by atoms with Gasteiger partial charge in [0.25, 0.3) is 0 Å². The second-order valence-electron chi connectivity index (χ2n) is 4.06. The predicted molar refractivity (Wildman–Crippen MR) is 72.3 cm³/mol. The lowest BCUT2D eigenvalue weighted by atomic mass is 10.2. The fraction of sp³-hybridized carbons (Fsp3) is 0.154. The number of rotatable bonds is 4. The summed E-state index contributed by atoms with van der Waals surface area (Å²) < 4.78 is 53.3. The third-order valence-electron chi connectivity index (χ3n) is 2.42. The number of hydrogen-bond donors (Lipinski definition) is 1. The average molecular weight is 365 g/mol. The number of benzene rings is 1. The van der Waals surface area contributed by atoms with Crippen LogP contribution >= 0.6 is 15.9 Å². The molecule has 0 unspecified atom stereocenters. The van der Waals surface area contributed by atoms with E-state index in [-0.39, 0.29) is 16.8 Å². The summed E-state index contributed by atoms with van der Waals surface area (Å²) in [5, 5.41) is 2.95. The molecule has 1 aromatic heterocycles. The van der Waals surface area contributed by atoms with E-state index in [4.69, 9.17) is 0 Å². The second kappa shape index (κ2) is 6.30. The van der Waals surface area contributed by atoms with Crippen molar-refractivity contribution in [2.75, 3.05) is 5.32 Å². The van der Waals surface area contributed by atoms with E-state index in [1.54, 1.807) is 0 Å². The Morgan fingerprint density at radius 3 is 2.57 bits per heavy atom. The third kappa shape index (κ3) is 4.89. The largest absolute Gasteiger partial charge is 0.573 e. The minimum absolute atomic E-state index is 0.155. The van der Waals surface area contributed by atoms with E-state index < -0.39 is 12.2 Å². The van der Waals surface area contributed by atoms with Gasteiger partial charge in [0.05, 0.1) is 10.7 Å². The first-order valence-corrected chi connectivity index (χ1v) is 6.51. The van der Waals surface area contributed by atoms with Crippen molar-refractivity contribution >= 4 is 21.6 Å². The minimum atomic E-state index is -4.75. The molecule has 2 rings (SSSR count). The number of halogens is 5. The molecule has 2 aromatic rings. The molecule has 0 aliphatic rings. The molecule has 0 bridgehead atoms. The molecule has 0 saturated heterocycles. The fourth-order valence-corrected chi connectivity index (χ4v) is 2.03. The quantitative estimate of drug-likeness (QED) is 0.811. The highest BCUT2D eigenvalue weighted by Gasteiger charge is 2.31. The van der Waals surface area contributed by atoms with Gasteiger partial charge in [0.1, 0.15) is 11.6 Å². The smallest absolute Gasteiger partial charge is 0.405 e. The Labute approximate surface area is 126 Å². The highest BCUT2D eigenvalue weighted by molar-refractivity contribution is 9.10. The maximum absolute atomic E-state index is 12.9. The lowest BCUT2D eigenvalue weighted by Gasteiger charge is -2.12. The molecule has 21 heavy (non-hydrogen) atoms. The van der Waals surface area contributed by atoms with Crippen LogP contribution in [0.3, 0.4) is 0 Å². The Bertz CT molecular complexity index is 634. The van der Waals surface area contributed by atoms with Gasteiger partial charge in [0, 0.05) is 18.4 Å². The molecule has 8 heteroatoms. The average Bonchev–Trinajstić information content (AvgIpc) is 2.38. The van der Waals surface area contributed by atoms with Crippen LogP contribution in [0.25, 0.3) is 0 Å². The summed E-state index contributed by atoms with van der Waals surface area (Å²) in [7, 11) is 0. The lowest BCUT2D eigenvalue weighted by Crippen LogP contribution is -2.17. The number of anilines is 1. The second-order valence-corrected chi connectivity index (χ2v) is 4.91. The molecule has 0 aliphatic carbocycles. The summed E-state index contributed by atoms with van der Waals surface area (Å²) in [6, 6.07) is 5.37. The van der Waals surface area contributed by atoms with E-state index >= 15 is 0 Å². The van der Waals surface area contributed by atoms with Gasteiger partial charge < -0.3 is 10.1 Å². The fourth-order valence-electron chi connectivity index (χ4n) is 1.57. The Balaban J connectivity index is 2.03. The van der Waals surface area contributed by atoms with Crippen LogP contribution < -0.4 is 10.1 Å². The molecule has 0 amide bonds. The van der Waals surface area contributed by atoms with Crippen LogP contribution in [0.5, 0.6) is 5.75 Å². The number of nitrogens with one attached hydrogen (secondary N) is 1. The zero-order valence-corrected chi connectivity index (χ0v) is 12.0. The normalized spacial score (nSPS) is 11.3. The first-order chi connectivity index (χ1) is 9.83. The maximum Gasteiger partial charge on any atom is 0.573 e. The molecule has 0 aliphatic heterocycles. The number of ether oxygens (including phenoxy) is 1. The van der Waals surface area contributed by atoms with Crippen LogP contribution in [0.4, 0.5) is 23.2 Å². The zero-order valence-electron chi connectivity index (χ0n) is 10.4. The van der Waals surface area contributed by atoms with Gasteiger partial charge in [-0.15, -0.1) is 13.2 Å². The van der Waals surface area contributed by atoms with E-state index in [1.807, 2.05) is 0 Å². The first-order valence-electron chi connectivity index (χ1n) is 5.72. The van der Waals surface area contributed by atoms with E-state index in [0.29, 0.717) is 11.3 Å². The Hall–Kier alpha value is -1.83. The summed E-state index contributed by atoms with van der Waals surface area (Å²) in [4.78, 5) is 3.70. The van der Waals surface area contributed by atoms with Gasteiger partial charge in [-0.25, -0.2) is 4.39 Å². The van der Waals surface area contributed by atoms with Crippen LogP contribution in [-0.4, -0.2) is 11.3 Å². The van der Waals surface area contributed by atoms with Crippen molar-refractivity contribution in [3.05, 3.63) is 52.5 Å². The van der Waals surface area contributed by atoms with Crippen LogP contribution in [0.2, 0.25) is 0 Å². The standard InChI is InChI=1S/C13H9BrF4N2O/c14-11-4-10(1-2-12(11)21-13(16,17)18)20-6-8-3-9(15)7-19-5-8/h1-5,7,20H,6H2. The van der Waals surface area contributed by atoms with Crippen molar-refractivity contribution in [2.45, 2.75) is 12.9 Å². The molecule has 1 N–H and O–H groups in total. The number of nitrogens with zero attached hydrogens (tertiary/aromatic N) is 1. The minimum Gasteiger partial charge on any atom is -0.405 e. The van der Waals surface area contributed by atoms with Crippen LogP contribution in [0.1, 0.15) is 5.56 Å². The number of alkyl halides is 3. The van der Waals surface area contributed by atoms with Gasteiger partial charge in [-0.05, 0) is 45.8 Å². The summed E-state index contributed by atoms with van der Waals surface area (Å²) in [6.07, 6.45) is -2.17. The Morgan fingerprint density at radius 1 is 1.19 bits per heavy atom. The van der Waals surface area contributed by atoms with Crippen molar-refractivity contribution in [3.8, 4) is 5.75 Å². The molecule has 0 spiro atoms. The van der Waals surface area contributed by atoms with Gasteiger partial charge >= 0.3 is 6.36 Å². The summed E-state index contributed by atoms with van der Waals surface area (Å²) in [6.45, 7) is 0.288. The molecular formula is C13H9BrF4N2O. The molecule has 0 saturated carbocycles. The van der Waals surface area contributed by atoms with Crippen LogP contribution in [-0.2, 0) is 6.54 Å². The highest BCUT2D eigenvalue weighted by Crippen LogP contribution is 2.32. The van der Waals surface area contributed by atoms with Gasteiger partial charge in [-0.1, -0.05) is 0 Å². The van der Waals surface area contributed by atoms with E-state index in [0.717, 1.165) is 6.20 Å². The lowest BCUT2D eigenvalue weighted by molar-refractivity contribution is -0.274. The maximum atomic E-state index is 12.9. The van der Waals surface area contributed by atoms with Crippen LogP contribution in [0, 0.1) is 5.82 Å². The SMILES string of the molecule is Fc1cncc(CNc2ccc(OC(F)(F)F)c(Br)c2)c1. The number of pyridine rings is 1. The van der Waals surface area contributed by atoms with Gasteiger partial charge in [-0.3, -0.25) is 4.98 Å². The van der Waals surface area contributed by atoms with Crippen molar-refractivity contribution < 1.29 is 22.3 Å². The van der Waals surface area contributed by atoms with Crippen molar-refractivity contribution in [1.29, 1.82) is 0 Å². The monoisotopic (exact) mass is 364 g/mol. The Kier molecular flexibility index (Phi) is 4.66. The van der Waals surface area contributed by atoms with Crippen molar-refractivity contribution in [1.82, 2.24) is 4.98 Å². The van der Waals surface area contributed by atoms with Crippen molar-refractivity contribution in [2.24, 2.45) is 0 Å². The summed E-state index contributed by atoms with van der Waals surface area (Å²) in [5.74, 6) is -0.787. The number of hydrogen-bond acceptors (Lipinski definition) is 3. The molecule has 3 nitrogen and oxygen atoms in total. The van der Waals surface area contributed by atoms with Crippen molar-refractivity contribution in [3.63, 3.8) is 0 Å². The Morgan fingerprint density at radius 2 is 1.95 bits per heavy atom. The molecule has 0 fully saturated rings. The van der Waals surface area contributed by atoms with E-state index in [1.165, 1.54) is 30.5 Å². The molecule has 112 valence electrons. The first kappa shape index (κ1) is 15.6. The zero-order chi connectivity index (χ0) is 15.5.